The number of hydrogen-bond acceptors (Lipinski definition) is 5. The number of nitrogens with one attached hydrogen (secondary N) is 1. The van der Waals surface area contributed by atoms with Crippen LogP contribution in [0.3, 0.4) is 0 Å². The minimum absolute atomic E-state index is 0.0395. The molecular weight excluding hydrogens is 426 g/mol. The summed E-state index contributed by atoms with van der Waals surface area (Å²) in [5.41, 5.74) is 3.45. The van der Waals surface area contributed by atoms with Gasteiger partial charge in [-0.05, 0) is 47.9 Å². The molecule has 1 atom stereocenters. The molecule has 1 aliphatic heterocycles. The molecule has 1 saturated heterocycles. The average Bonchev–Trinajstić information content (AvgIpc) is 3.42. The standard InChI is InChI=1S/C24H24ClN5O2/c1-32-22-6-5-18(11-26)19(10-22)14-30-16-27-12-21(30)15-29(23-7-8-28-24(23)31)13-17-3-2-4-20(25)9-17/h2-6,9-10,12,16,23H,7-8,13-15H2,1H3,(H,28,31). The topological polar surface area (TPSA) is 83.2 Å². The van der Waals surface area contributed by atoms with E-state index in [9.17, 15) is 10.1 Å². The highest BCUT2D eigenvalue weighted by Gasteiger charge is 2.31. The molecule has 0 aliphatic carbocycles. The third kappa shape index (κ3) is 4.93. The van der Waals surface area contributed by atoms with E-state index in [1.54, 1.807) is 25.6 Å². The van der Waals surface area contributed by atoms with Crippen LogP contribution in [-0.4, -0.2) is 40.1 Å². The molecule has 0 radical (unpaired) electrons. The largest absolute Gasteiger partial charge is 0.497 e. The van der Waals surface area contributed by atoms with Crippen molar-refractivity contribution in [3.63, 3.8) is 0 Å². The second-order valence-electron chi connectivity index (χ2n) is 7.78. The van der Waals surface area contributed by atoms with Gasteiger partial charge in [-0.3, -0.25) is 9.69 Å². The number of carbonyl (C=O) groups is 1. The van der Waals surface area contributed by atoms with Crippen molar-refractivity contribution in [1.29, 1.82) is 5.26 Å². The van der Waals surface area contributed by atoms with Gasteiger partial charge in [0.1, 0.15) is 5.75 Å². The van der Waals surface area contributed by atoms with E-state index in [1.165, 1.54) is 0 Å². The van der Waals surface area contributed by atoms with Crippen LogP contribution < -0.4 is 10.1 Å². The number of halogens is 1. The highest BCUT2D eigenvalue weighted by molar-refractivity contribution is 6.30. The van der Waals surface area contributed by atoms with E-state index in [1.807, 2.05) is 41.1 Å². The summed E-state index contributed by atoms with van der Waals surface area (Å²) in [6.07, 6.45) is 4.31. The first-order valence-corrected chi connectivity index (χ1v) is 10.8. The van der Waals surface area contributed by atoms with Gasteiger partial charge in [0.15, 0.2) is 0 Å². The smallest absolute Gasteiger partial charge is 0.237 e. The van der Waals surface area contributed by atoms with Crippen LogP contribution in [-0.2, 0) is 24.4 Å². The minimum Gasteiger partial charge on any atom is -0.497 e. The van der Waals surface area contributed by atoms with E-state index in [0.717, 1.165) is 23.2 Å². The molecule has 32 heavy (non-hydrogen) atoms. The summed E-state index contributed by atoms with van der Waals surface area (Å²) in [6, 6.07) is 15.1. The Morgan fingerprint density at radius 3 is 2.91 bits per heavy atom. The fraction of sp³-hybridized carbons (Fsp3) is 0.292. The second kappa shape index (κ2) is 9.86. The molecule has 1 aromatic heterocycles. The predicted molar refractivity (Wildman–Crippen MR) is 121 cm³/mol. The first kappa shape index (κ1) is 21.9. The van der Waals surface area contributed by atoms with Crippen molar-refractivity contribution in [3.8, 4) is 11.8 Å². The van der Waals surface area contributed by atoms with E-state index >= 15 is 0 Å². The number of amides is 1. The zero-order chi connectivity index (χ0) is 22.5. The molecule has 2 heterocycles. The number of ether oxygens (including phenoxy) is 1. The number of benzene rings is 2. The van der Waals surface area contributed by atoms with Crippen molar-refractivity contribution in [1.82, 2.24) is 19.8 Å². The van der Waals surface area contributed by atoms with Gasteiger partial charge in [-0.15, -0.1) is 0 Å². The number of hydrogen-bond donors (Lipinski definition) is 1. The monoisotopic (exact) mass is 449 g/mol. The fourth-order valence-corrected chi connectivity index (χ4v) is 4.24. The number of imidazole rings is 1. The summed E-state index contributed by atoms with van der Waals surface area (Å²) in [5, 5.41) is 13.1. The first-order valence-electron chi connectivity index (χ1n) is 10.4. The highest BCUT2D eigenvalue weighted by Crippen LogP contribution is 2.22. The molecule has 1 aliphatic rings. The van der Waals surface area contributed by atoms with Crippen LogP contribution in [0.4, 0.5) is 0 Å². The number of carbonyl (C=O) groups excluding carboxylic acids is 1. The van der Waals surface area contributed by atoms with Crippen LogP contribution in [0.15, 0.2) is 55.0 Å². The Balaban J connectivity index is 1.60. The van der Waals surface area contributed by atoms with E-state index in [2.05, 4.69) is 21.3 Å². The number of aromatic nitrogens is 2. The van der Waals surface area contributed by atoms with Crippen molar-refractivity contribution < 1.29 is 9.53 Å². The Bertz CT molecular complexity index is 1150. The molecule has 3 aromatic rings. The maximum absolute atomic E-state index is 12.5. The second-order valence-corrected chi connectivity index (χ2v) is 8.21. The molecule has 1 N–H and O–H groups in total. The van der Waals surface area contributed by atoms with Crippen molar-refractivity contribution in [2.45, 2.75) is 32.1 Å². The van der Waals surface area contributed by atoms with Gasteiger partial charge in [-0.1, -0.05) is 23.7 Å². The number of nitriles is 1. The van der Waals surface area contributed by atoms with Crippen LogP contribution in [0.2, 0.25) is 5.02 Å². The molecular formula is C24H24ClN5O2. The normalized spacial score (nSPS) is 15.6. The molecule has 1 fully saturated rings. The molecule has 0 spiro atoms. The predicted octanol–water partition coefficient (Wildman–Crippen LogP) is 3.36. The van der Waals surface area contributed by atoms with E-state index in [4.69, 9.17) is 16.3 Å². The van der Waals surface area contributed by atoms with Crippen molar-refractivity contribution in [3.05, 3.63) is 82.4 Å². The Hall–Kier alpha value is -3.34. The lowest BCUT2D eigenvalue weighted by Gasteiger charge is -2.27. The zero-order valence-electron chi connectivity index (χ0n) is 17.8. The van der Waals surface area contributed by atoms with Gasteiger partial charge >= 0.3 is 0 Å². The average molecular weight is 450 g/mol. The third-order valence-corrected chi connectivity index (χ3v) is 5.91. The summed E-state index contributed by atoms with van der Waals surface area (Å²) in [4.78, 5) is 19.0. The number of nitrogens with zero attached hydrogens (tertiary/aromatic N) is 4. The van der Waals surface area contributed by atoms with Gasteiger partial charge in [0.25, 0.3) is 0 Å². The lowest BCUT2D eigenvalue weighted by Crippen LogP contribution is -2.40. The van der Waals surface area contributed by atoms with Crippen molar-refractivity contribution in [2.24, 2.45) is 0 Å². The maximum Gasteiger partial charge on any atom is 0.237 e. The Kier molecular flexibility index (Phi) is 6.74. The highest BCUT2D eigenvalue weighted by atomic mass is 35.5. The quantitative estimate of drug-likeness (QED) is 0.570. The van der Waals surface area contributed by atoms with Gasteiger partial charge in [0.2, 0.25) is 5.91 Å². The Morgan fingerprint density at radius 1 is 1.31 bits per heavy atom. The molecule has 7 nitrogen and oxygen atoms in total. The van der Waals surface area contributed by atoms with Crippen LogP contribution >= 0.6 is 11.6 Å². The van der Waals surface area contributed by atoms with E-state index < -0.39 is 0 Å². The van der Waals surface area contributed by atoms with E-state index in [-0.39, 0.29) is 11.9 Å². The van der Waals surface area contributed by atoms with E-state index in [0.29, 0.717) is 42.5 Å². The SMILES string of the molecule is COc1ccc(C#N)c(Cn2cncc2CN(Cc2cccc(Cl)c2)C2CCNC2=O)c1. The minimum atomic E-state index is -0.219. The summed E-state index contributed by atoms with van der Waals surface area (Å²) in [6.45, 7) is 2.28. The summed E-state index contributed by atoms with van der Waals surface area (Å²) in [7, 11) is 1.61. The number of rotatable bonds is 8. The summed E-state index contributed by atoms with van der Waals surface area (Å²) in [5.74, 6) is 0.739. The molecule has 0 saturated carbocycles. The molecule has 1 amide bonds. The Labute approximate surface area is 192 Å². The third-order valence-electron chi connectivity index (χ3n) is 5.67. The lowest BCUT2D eigenvalue weighted by atomic mass is 10.1. The maximum atomic E-state index is 12.5. The van der Waals surface area contributed by atoms with Gasteiger partial charge < -0.3 is 14.6 Å². The Morgan fingerprint density at radius 2 is 2.19 bits per heavy atom. The summed E-state index contributed by atoms with van der Waals surface area (Å²) >= 11 is 6.18. The van der Waals surface area contributed by atoms with Crippen molar-refractivity contribution >= 4 is 17.5 Å². The summed E-state index contributed by atoms with van der Waals surface area (Å²) < 4.78 is 7.33. The first-order chi connectivity index (χ1) is 15.6. The van der Waals surface area contributed by atoms with Gasteiger partial charge in [-0.25, -0.2) is 4.98 Å². The van der Waals surface area contributed by atoms with Crippen LogP contribution in [0.25, 0.3) is 0 Å². The molecule has 1 unspecified atom stereocenters. The number of methoxy groups -OCH3 is 1. The zero-order valence-corrected chi connectivity index (χ0v) is 18.5. The molecule has 2 aromatic carbocycles. The van der Waals surface area contributed by atoms with Gasteiger partial charge in [-0.2, -0.15) is 5.26 Å². The molecule has 4 rings (SSSR count). The van der Waals surface area contributed by atoms with Gasteiger partial charge in [0.05, 0.1) is 43.4 Å². The van der Waals surface area contributed by atoms with Crippen LogP contribution in [0.5, 0.6) is 5.75 Å². The van der Waals surface area contributed by atoms with Gasteiger partial charge in [0, 0.05) is 30.9 Å². The molecule has 164 valence electrons. The van der Waals surface area contributed by atoms with Crippen molar-refractivity contribution in [2.75, 3.05) is 13.7 Å². The lowest BCUT2D eigenvalue weighted by molar-refractivity contribution is -0.124. The fourth-order valence-electron chi connectivity index (χ4n) is 4.03. The molecule has 0 bridgehead atoms. The van der Waals surface area contributed by atoms with Crippen LogP contribution in [0.1, 0.15) is 28.8 Å². The molecule has 8 heteroatoms. The van der Waals surface area contributed by atoms with Crippen LogP contribution in [0, 0.1) is 11.3 Å².